The zero-order valence-corrected chi connectivity index (χ0v) is 14.0. The Bertz CT molecular complexity index is 782. The van der Waals surface area contributed by atoms with Gasteiger partial charge >= 0.3 is 5.97 Å². The number of esters is 1. The first-order chi connectivity index (χ1) is 11.5. The number of fused-ring (bicyclic) bond motifs is 1. The normalized spacial score (nSPS) is 15.7. The minimum atomic E-state index is -0.388. The number of aryl methyl sites for hydroxylation is 1. The number of carbonyl (C=O) groups is 3. The molecule has 3 rings (SSSR count). The van der Waals surface area contributed by atoms with Gasteiger partial charge in [0, 0.05) is 17.7 Å². The topological polar surface area (TPSA) is 72.5 Å². The van der Waals surface area contributed by atoms with Crippen molar-refractivity contribution in [3.05, 3.63) is 51.7 Å². The van der Waals surface area contributed by atoms with Crippen LogP contribution in [0.5, 0.6) is 0 Å². The Morgan fingerprint density at radius 3 is 2.88 bits per heavy atom. The SMILES string of the molecule is C[C@@H]1C(=O)Nc2ccc(C(=O)COC(=O)CCc3ccsc3)cc21. The Hall–Kier alpha value is -2.47. The molecule has 0 saturated carbocycles. The van der Waals surface area contributed by atoms with E-state index in [0.29, 0.717) is 12.0 Å². The second kappa shape index (κ2) is 6.97. The van der Waals surface area contributed by atoms with Crippen LogP contribution in [0.15, 0.2) is 35.0 Å². The molecular weight excluding hydrogens is 326 g/mol. The molecule has 0 unspecified atom stereocenters. The summed E-state index contributed by atoms with van der Waals surface area (Å²) in [6, 6.07) is 7.00. The van der Waals surface area contributed by atoms with Crippen molar-refractivity contribution >= 4 is 34.7 Å². The zero-order chi connectivity index (χ0) is 17.1. The third-order valence-corrected chi connectivity index (χ3v) is 4.79. The summed E-state index contributed by atoms with van der Waals surface area (Å²) in [5, 5.41) is 6.70. The Balaban J connectivity index is 1.54. The van der Waals surface area contributed by atoms with Gasteiger partial charge in [0.05, 0.1) is 5.92 Å². The Morgan fingerprint density at radius 2 is 2.12 bits per heavy atom. The van der Waals surface area contributed by atoms with E-state index in [2.05, 4.69) is 5.32 Å². The molecule has 0 radical (unpaired) electrons. The van der Waals surface area contributed by atoms with Crippen LogP contribution in [0.2, 0.25) is 0 Å². The standard InChI is InChI=1S/C18H17NO4S/c1-11-14-8-13(3-4-15(14)19-18(11)22)16(20)9-23-17(21)5-2-12-6-7-24-10-12/h3-4,6-8,10-11H,2,5,9H2,1H3,(H,19,22)/t11-/m0/s1. The summed E-state index contributed by atoms with van der Waals surface area (Å²) in [4.78, 5) is 35.6. The highest BCUT2D eigenvalue weighted by Crippen LogP contribution is 2.32. The molecule has 124 valence electrons. The molecule has 6 heteroatoms. The van der Waals surface area contributed by atoms with Gasteiger partial charge in [0.15, 0.2) is 12.4 Å². The third-order valence-electron chi connectivity index (χ3n) is 4.05. The van der Waals surface area contributed by atoms with Crippen molar-refractivity contribution in [2.45, 2.75) is 25.7 Å². The lowest BCUT2D eigenvalue weighted by Gasteiger charge is -2.07. The summed E-state index contributed by atoms with van der Waals surface area (Å²) in [5.74, 6) is -1.01. The molecule has 5 nitrogen and oxygen atoms in total. The molecule has 1 N–H and O–H groups in total. The van der Waals surface area contributed by atoms with E-state index < -0.39 is 0 Å². The van der Waals surface area contributed by atoms with Gasteiger partial charge in [-0.3, -0.25) is 14.4 Å². The number of anilines is 1. The van der Waals surface area contributed by atoms with E-state index in [-0.39, 0.29) is 36.6 Å². The summed E-state index contributed by atoms with van der Waals surface area (Å²) in [5.41, 5.74) is 3.07. The minimum Gasteiger partial charge on any atom is -0.457 e. The van der Waals surface area contributed by atoms with E-state index >= 15 is 0 Å². The summed E-state index contributed by atoms with van der Waals surface area (Å²) >= 11 is 1.58. The molecule has 1 amide bonds. The number of Topliss-reactive ketones (excluding diaryl/α,β-unsaturated/α-hetero) is 1. The molecule has 0 spiro atoms. The van der Waals surface area contributed by atoms with Crippen LogP contribution in [-0.2, 0) is 20.7 Å². The Kier molecular flexibility index (Phi) is 4.76. The van der Waals surface area contributed by atoms with Crippen LogP contribution >= 0.6 is 11.3 Å². The maximum atomic E-state index is 12.2. The van der Waals surface area contributed by atoms with E-state index in [0.717, 1.165) is 16.8 Å². The maximum absolute atomic E-state index is 12.2. The summed E-state index contributed by atoms with van der Waals surface area (Å²) in [7, 11) is 0. The van der Waals surface area contributed by atoms with Crippen LogP contribution in [0, 0.1) is 0 Å². The molecule has 1 atom stereocenters. The first-order valence-electron chi connectivity index (χ1n) is 7.69. The number of nitrogens with one attached hydrogen (secondary N) is 1. The highest BCUT2D eigenvalue weighted by atomic mass is 32.1. The second-order valence-corrected chi connectivity index (χ2v) is 6.51. The fourth-order valence-corrected chi connectivity index (χ4v) is 3.28. The number of hydrogen-bond donors (Lipinski definition) is 1. The molecule has 1 aliphatic heterocycles. The number of benzene rings is 1. The smallest absolute Gasteiger partial charge is 0.306 e. The summed E-state index contributed by atoms with van der Waals surface area (Å²) < 4.78 is 5.06. The Morgan fingerprint density at radius 1 is 1.29 bits per heavy atom. The van der Waals surface area contributed by atoms with Crippen molar-refractivity contribution in [1.29, 1.82) is 0 Å². The first kappa shape index (κ1) is 16.4. The van der Waals surface area contributed by atoms with Crippen LogP contribution in [0.1, 0.15) is 40.7 Å². The van der Waals surface area contributed by atoms with E-state index in [1.165, 1.54) is 0 Å². The molecule has 0 bridgehead atoms. The predicted octanol–water partition coefficient (Wildman–Crippen LogP) is 3.16. The van der Waals surface area contributed by atoms with Crippen LogP contribution in [0.3, 0.4) is 0 Å². The highest BCUT2D eigenvalue weighted by Gasteiger charge is 2.27. The van der Waals surface area contributed by atoms with Gasteiger partial charge in [0.2, 0.25) is 5.91 Å². The number of thiophene rings is 1. The van der Waals surface area contributed by atoms with E-state index in [1.54, 1.807) is 36.5 Å². The average molecular weight is 343 g/mol. The molecule has 0 fully saturated rings. The molecule has 2 aromatic rings. The van der Waals surface area contributed by atoms with Crippen molar-refractivity contribution in [2.75, 3.05) is 11.9 Å². The maximum Gasteiger partial charge on any atom is 0.306 e. The van der Waals surface area contributed by atoms with Crippen molar-refractivity contribution in [3.8, 4) is 0 Å². The van der Waals surface area contributed by atoms with Crippen molar-refractivity contribution in [2.24, 2.45) is 0 Å². The second-order valence-electron chi connectivity index (χ2n) is 5.73. The van der Waals surface area contributed by atoms with Gasteiger partial charge in [-0.05, 0) is 59.5 Å². The highest BCUT2D eigenvalue weighted by molar-refractivity contribution is 7.07. The van der Waals surface area contributed by atoms with E-state index in [1.807, 2.05) is 16.8 Å². The van der Waals surface area contributed by atoms with E-state index in [4.69, 9.17) is 4.74 Å². The van der Waals surface area contributed by atoms with Crippen LogP contribution in [0.25, 0.3) is 0 Å². The average Bonchev–Trinajstić information content (AvgIpc) is 3.19. The monoisotopic (exact) mass is 343 g/mol. The fourth-order valence-electron chi connectivity index (χ4n) is 2.57. The molecule has 0 saturated heterocycles. The lowest BCUT2D eigenvalue weighted by Crippen LogP contribution is -2.14. The number of ether oxygens (including phenoxy) is 1. The summed E-state index contributed by atoms with van der Waals surface area (Å²) in [6.45, 7) is 1.51. The number of rotatable bonds is 6. The van der Waals surface area contributed by atoms with Crippen LogP contribution in [0.4, 0.5) is 5.69 Å². The van der Waals surface area contributed by atoms with Crippen LogP contribution in [-0.4, -0.2) is 24.3 Å². The third kappa shape index (κ3) is 3.54. The lowest BCUT2D eigenvalue weighted by atomic mass is 9.99. The molecule has 0 aliphatic carbocycles. The molecule has 1 aromatic heterocycles. The van der Waals surface area contributed by atoms with Gasteiger partial charge in [-0.1, -0.05) is 0 Å². The fraction of sp³-hybridized carbons (Fsp3) is 0.278. The van der Waals surface area contributed by atoms with Crippen molar-refractivity contribution in [3.63, 3.8) is 0 Å². The number of carbonyl (C=O) groups excluding carboxylic acids is 3. The van der Waals surface area contributed by atoms with E-state index in [9.17, 15) is 14.4 Å². The predicted molar refractivity (Wildman–Crippen MR) is 91.4 cm³/mol. The van der Waals surface area contributed by atoms with Gasteiger partial charge in [-0.25, -0.2) is 0 Å². The largest absolute Gasteiger partial charge is 0.457 e. The number of ketones is 1. The number of amides is 1. The van der Waals surface area contributed by atoms with Crippen molar-refractivity contribution in [1.82, 2.24) is 0 Å². The van der Waals surface area contributed by atoms with Crippen LogP contribution < -0.4 is 5.32 Å². The summed E-state index contributed by atoms with van der Waals surface area (Å²) in [6.07, 6.45) is 0.865. The number of hydrogen-bond acceptors (Lipinski definition) is 5. The van der Waals surface area contributed by atoms with Crippen molar-refractivity contribution < 1.29 is 19.1 Å². The molecule has 2 heterocycles. The Labute approximate surface area is 143 Å². The first-order valence-corrected chi connectivity index (χ1v) is 8.63. The van der Waals surface area contributed by atoms with Gasteiger partial charge < -0.3 is 10.1 Å². The van der Waals surface area contributed by atoms with Gasteiger partial charge in [0.1, 0.15) is 0 Å². The van der Waals surface area contributed by atoms with Gasteiger partial charge in [-0.2, -0.15) is 11.3 Å². The zero-order valence-electron chi connectivity index (χ0n) is 13.2. The molecule has 1 aliphatic rings. The van der Waals surface area contributed by atoms with Gasteiger partial charge in [0.25, 0.3) is 0 Å². The van der Waals surface area contributed by atoms with Gasteiger partial charge in [-0.15, -0.1) is 0 Å². The molecular formula is C18H17NO4S. The quantitative estimate of drug-likeness (QED) is 0.646. The lowest BCUT2D eigenvalue weighted by molar-refractivity contribution is -0.142. The molecule has 1 aromatic carbocycles. The minimum absolute atomic E-state index is 0.0746. The molecule has 24 heavy (non-hydrogen) atoms.